The van der Waals surface area contributed by atoms with E-state index in [0.717, 1.165) is 0 Å². The van der Waals surface area contributed by atoms with Crippen molar-refractivity contribution in [1.82, 2.24) is 10.2 Å². The number of aliphatic carboxylic acids is 1. The van der Waals surface area contributed by atoms with Gasteiger partial charge in [-0.3, -0.25) is 14.4 Å². The molecule has 2 amide bonds. The molecule has 2 heterocycles. The van der Waals surface area contributed by atoms with Crippen LogP contribution < -0.4 is 5.32 Å². The fourth-order valence-corrected chi connectivity index (χ4v) is 2.49. The number of amides is 2. The first-order chi connectivity index (χ1) is 7.99. The van der Waals surface area contributed by atoms with Crippen molar-refractivity contribution >= 4 is 17.8 Å². The van der Waals surface area contributed by atoms with Crippen molar-refractivity contribution in [3.05, 3.63) is 0 Å². The molecule has 17 heavy (non-hydrogen) atoms. The molecule has 94 valence electrons. The number of carbonyl (C=O) groups is 3. The molecule has 2 N–H and O–H groups in total. The lowest BCUT2D eigenvalue weighted by molar-refractivity contribution is -0.142. The van der Waals surface area contributed by atoms with Crippen LogP contribution in [-0.2, 0) is 14.4 Å². The van der Waals surface area contributed by atoms with Gasteiger partial charge in [-0.1, -0.05) is 6.92 Å². The lowest BCUT2D eigenvalue weighted by Gasteiger charge is -2.20. The highest BCUT2D eigenvalue weighted by molar-refractivity contribution is 5.91. The van der Waals surface area contributed by atoms with E-state index in [4.69, 9.17) is 5.11 Å². The molecular weight excluding hydrogens is 224 g/mol. The first-order valence-electron chi connectivity index (χ1n) is 5.80. The molecule has 0 aliphatic carbocycles. The summed E-state index contributed by atoms with van der Waals surface area (Å²) in [6.45, 7) is 2.54. The van der Waals surface area contributed by atoms with E-state index < -0.39 is 17.9 Å². The number of carboxylic acid groups (broad SMARTS) is 1. The summed E-state index contributed by atoms with van der Waals surface area (Å²) in [7, 11) is 0. The van der Waals surface area contributed by atoms with Crippen LogP contribution in [0.2, 0.25) is 0 Å². The van der Waals surface area contributed by atoms with Gasteiger partial charge in [-0.2, -0.15) is 0 Å². The molecular formula is C11H16N2O4. The fourth-order valence-electron chi connectivity index (χ4n) is 2.49. The Bertz CT molecular complexity index is 368. The summed E-state index contributed by atoms with van der Waals surface area (Å²) in [5.74, 6) is -1.63. The molecule has 0 aromatic heterocycles. The van der Waals surface area contributed by atoms with E-state index in [-0.39, 0.29) is 24.3 Å². The van der Waals surface area contributed by atoms with Crippen LogP contribution in [0, 0.1) is 11.8 Å². The van der Waals surface area contributed by atoms with E-state index in [1.807, 2.05) is 6.92 Å². The lowest BCUT2D eigenvalue weighted by Crippen LogP contribution is -2.43. The second kappa shape index (κ2) is 4.35. The molecule has 0 bridgehead atoms. The van der Waals surface area contributed by atoms with Crippen LogP contribution in [0.15, 0.2) is 0 Å². The third kappa shape index (κ3) is 2.25. The summed E-state index contributed by atoms with van der Waals surface area (Å²) in [5, 5.41) is 11.6. The Morgan fingerprint density at radius 2 is 2.12 bits per heavy atom. The largest absolute Gasteiger partial charge is 0.481 e. The Kier molecular flexibility index (Phi) is 3.04. The Morgan fingerprint density at radius 1 is 1.41 bits per heavy atom. The lowest BCUT2D eigenvalue weighted by atomic mass is 9.99. The molecule has 6 heteroatoms. The summed E-state index contributed by atoms with van der Waals surface area (Å²) in [6, 6.07) is -0.456. The second-order valence-corrected chi connectivity index (χ2v) is 4.82. The summed E-state index contributed by atoms with van der Waals surface area (Å²) < 4.78 is 0. The van der Waals surface area contributed by atoms with Gasteiger partial charge in [0.2, 0.25) is 11.8 Å². The van der Waals surface area contributed by atoms with Gasteiger partial charge in [0, 0.05) is 19.5 Å². The molecule has 0 spiro atoms. The van der Waals surface area contributed by atoms with E-state index in [1.165, 1.54) is 0 Å². The minimum Gasteiger partial charge on any atom is -0.481 e. The van der Waals surface area contributed by atoms with Gasteiger partial charge in [0.1, 0.15) is 6.04 Å². The van der Waals surface area contributed by atoms with Gasteiger partial charge < -0.3 is 15.3 Å². The smallest absolute Gasteiger partial charge is 0.308 e. The van der Waals surface area contributed by atoms with Gasteiger partial charge in [-0.25, -0.2) is 0 Å². The zero-order valence-corrected chi connectivity index (χ0v) is 9.68. The van der Waals surface area contributed by atoms with Crippen molar-refractivity contribution in [3.8, 4) is 0 Å². The van der Waals surface area contributed by atoms with E-state index in [9.17, 15) is 14.4 Å². The standard InChI is InChI=1S/C11H16N2O4/c1-6-4-13(5-7(6)11(16)17)10(15)8-2-3-9(14)12-8/h6-8H,2-5H2,1H3,(H,12,14)(H,16,17)/t6-,7-,8?/m1/s1. The number of likely N-dealkylation sites (tertiary alicyclic amines) is 1. The van der Waals surface area contributed by atoms with Crippen LogP contribution in [0.5, 0.6) is 0 Å². The van der Waals surface area contributed by atoms with Gasteiger partial charge in [0.15, 0.2) is 0 Å². The Labute approximate surface area is 99.0 Å². The number of hydrogen-bond donors (Lipinski definition) is 2. The van der Waals surface area contributed by atoms with Crippen LogP contribution in [0.3, 0.4) is 0 Å². The SMILES string of the molecule is C[C@@H]1CN(C(=O)C2CCC(=O)N2)C[C@H]1C(=O)O. The topological polar surface area (TPSA) is 86.7 Å². The van der Waals surface area contributed by atoms with Crippen molar-refractivity contribution < 1.29 is 19.5 Å². The maximum atomic E-state index is 12.0. The Balaban J connectivity index is 1.98. The van der Waals surface area contributed by atoms with E-state index in [2.05, 4.69) is 5.32 Å². The fraction of sp³-hybridized carbons (Fsp3) is 0.727. The summed E-state index contributed by atoms with van der Waals surface area (Å²) >= 11 is 0. The third-order valence-electron chi connectivity index (χ3n) is 3.53. The number of nitrogens with one attached hydrogen (secondary N) is 1. The highest BCUT2D eigenvalue weighted by Crippen LogP contribution is 2.24. The van der Waals surface area contributed by atoms with E-state index >= 15 is 0 Å². The molecule has 6 nitrogen and oxygen atoms in total. The molecule has 2 rings (SSSR count). The Morgan fingerprint density at radius 3 is 2.59 bits per heavy atom. The molecule has 2 aliphatic rings. The molecule has 2 aliphatic heterocycles. The summed E-state index contributed by atoms with van der Waals surface area (Å²) in [4.78, 5) is 35.6. The molecule has 0 radical (unpaired) electrons. The number of carboxylic acids is 1. The zero-order valence-electron chi connectivity index (χ0n) is 9.68. The minimum absolute atomic E-state index is 0.0337. The van der Waals surface area contributed by atoms with Crippen LogP contribution >= 0.6 is 0 Å². The first kappa shape index (κ1) is 11.9. The van der Waals surface area contributed by atoms with Crippen LogP contribution in [-0.4, -0.2) is 46.9 Å². The number of carbonyl (C=O) groups excluding carboxylic acids is 2. The molecule has 0 saturated carbocycles. The van der Waals surface area contributed by atoms with Crippen molar-refractivity contribution in [2.24, 2.45) is 11.8 Å². The molecule has 3 atom stereocenters. The van der Waals surface area contributed by atoms with Crippen LogP contribution in [0.1, 0.15) is 19.8 Å². The van der Waals surface area contributed by atoms with Gasteiger partial charge in [0.05, 0.1) is 5.92 Å². The zero-order chi connectivity index (χ0) is 12.6. The predicted molar refractivity (Wildman–Crippen MR) is 58.0 cm³/mol. The normalized spacial score (nSPS) is 32.6. The van der Waals surface area contributed by atoms with Gasteiger partial charge in [0.25, 0.3) is 0 Å². The van der Waals surface area contributed by atoms with Gasteiger partial charge >= 0.3 is 5.97 Å². The molecule has 2 saturated heterocycles. The first-order valence-corrected chi connectivity index (χ1v) is 5.80. The Hall–Kier alpha value is -1.59. The highest BCUT2D eigenvalue weighted by atomic mass is 16.4. The van der Waals surface area contributed by atoms with E-state index in [0.29, 0.717) is 19.4 Å². The van der Waals surface area contributed by atoms with Crippen molar-refractivity contribution in [1.29, 1.82) is 0 Å². The average Bonchev–Trinajstić information content (AvgIpc) is 2.83. The second-order valence-electron chi connectivity index (χ2n) is 4.82. The molecule has 0 aromatic rings. The number of hydrogen-bond acceptors (Lipinski definition) is 3. The summed E-state index contributed by atoms with van der Waals surface area (Å²) in [6.07, 6.45) is 0.891. The maximum absolute atomic E-state index is 12.0. The minimum atomic E-state index is -0.858. The molecule has 0 aromatic carbocycles. The maximum Gasteiger partial charge on any atom is 0.308 e. The third-order valence-corrected chi connectivity index (χ3v) is 3.53. The quantitative estimate of drug-likeness (QED) is 0.677. The molecule has 2 fully saturated rings. The number of rotatable bonds is 2. The monoisotopic (exact) mass is 240 g/mol. The van der Waals surface area contributed by atoms with Gasteiger partial charge in [-0.15, -0.1) is 0 Å². The molecule has 1 unspecified atom stereocenters. The summed E-state index contributed by atoms with van der Waals surface area (Å²) in [5.41, 5.74) is 0. The predicted octanol–water partition coefficient (Wildman–Crippen LogP) is -0.556. The highest BCUT2D eigenvalue weighted by Gasteiger charge is 2.40. The van der Waals surface area contributed by atoms with Crippen LogP contribution in [0.25, 0.3) is 0 Å². The number of nitrogens with zero attached hydrogens (tertiary/aromatic N) is 1. The average molecular weight is 240 g/mol. The van der Waals surface area contributed by atoms with Gasteiger partial charge in [-0.05, 0) is 12.3 Å². The van der Waals surface area contributed by atoms with Crippen LogP contribution in [0.4, 0.5) is 0 Å². The van der Waals surface area contributed by atoms with Crippen molar-refractivity contribution in [2.75, 3.05) is 13.1 Å². The van der Waals surface area contributed by atoms with E-state index in [1.54, 1.807) is 4.90 Å². The van der Waals surface area contributed by atoms with Crippen molar-refractivity contribution in [2.45, 2.75) is 25.8 Å². The van der Waals surface area contributed by atoms with Crippen molar-refractivity contribution in [3.63, 3.8) is 0 Å².